The Balaban J connectivity index is 2.17. The quantitative estimate of drug-likeness (QED) is 0.808. The largest absolute Gasteiger partial charge is 0.398 e. The summed E-state index contributed by atoms with van der Waals surface area (Å²) in [7, 11) is 0. The van der Waals surface area contributed by atoms with E-state index < -0.39 is 0 Å². The number of anilines is 2. The normalized spacial score (nSPS) is 14.6. The lowest BCUT2D eigenvalue weighted by atomic mass is 10.1. The first-order valence-corrected chi connectivity index (χ1v) is 6.68. The molecule has 1 saturated carbocycles. The fourth-order valence-corrected chi connectivity index (χ4v) is 2.13. The average Bonchev–Trinajstić information content (AvgIpc) is 3.15. The number of nitrogen functional groups attached to an aromatic ring is 1. The van der Waals surface area contributed by atoms with Crippen LogP contribution in [0.4, 0.5) is 11.4 Å². The zero-order valence-corrected chi connectivity index (χ0v) is 11.2. The smallest absolute Gasteiger partial charge is 0.101 e. The lowest BCUT2D eigenvalue weighted by molar-refractivity contribution is 0.571. The Morgan fingerprint density at radius 2 is 2.17 bits per heavy atom. The Kier molecular flexibility index (Phi) is 3.76. The zero-order chi connectivity index (χ0) is 13.1. The molecule has 18 heavy (non-hydrogen) atoms. The van der Waals surface area contributed by atoms with Crippen LogP contribution in [0.3, 0.4) is 0 Å². The van der Waals surface area contributed by atoms with E-state index in [1.54, 1.807) is 0 Å². The standard InChI is InChI=1S/C15H21N3/c1-11(2)7-8-18(13-3-4-13)14-5-6-15(17)12(9-14)10-16/h5-6,9,11,13H,3-4,7-8,17H2,1-2H3. The van der Waals surface area contributed by atoms with E-state index in [0.717, 1.165) is 12.2 Å². The second-order valence-electron chi connectivity index (χ2n) is 5.49. The lowest BCUT2D eigenvalue weighted by Crippen LogP contribution is -2.27. The van der Waals surface area contributed by atoms with Gasteiger partial charge in [0.25, 0.3) is 0 Å². The van der Waals surface area contributed by atoms with Gasteiger partial charge in [-0.3, -0.25) is 0 Å². The van der Waals surface area contributed by atoms with Gasteiger partial charge in [0, 0.05) is 24.0 Å². The van der Waals surface area contributed by atoms with Crippen LogP contribution >= 0.6 is 0 Å². The third-order valence-electron chi connectivity index (χ3n) is 3.42. The first-order valence-electron chi connectivity index (χ1n) is 6.68. The topological polar surface area (TPSA) is 53.0 Å². The molecule has 0 unspecified atom stereocenters. The summed E-state index contributed by atoms with van der Waals surface area (Å²) in [6.45, 7) is 5.56. The van der Waals surface area contributed by atoms with Gasteiger partial charge in [0.05, 0.1) is 5.56 Å². The molecule has 2 rings (SSSR count). The molecule has 1 aliphatic carbocycles. The molecular formula is C15H21N3. The highest BCUT2D eigenvalue weighted by atomic mass is 15.2. The Bertz CT molecular complexity index is 455. The van der Waals surface area contributed by atoms with Crippen molar-refractivity contribution in [3.63, 3.8) is 0 Å². The highest BCUT2D eigenvalue weighted by molar-refractivity contribution is 5.63. The maximum Gasteiger partial charge on any atom is 0.101 e. The first kappa shape index (κ1) is 12.8. The van der Waals surface area contributed by atoms with Crippen LogP contribution in [0, 0.1) is 17.2 Å². The van der Waals surface area contributed by atoms with Gasteiger partial charge in [0.1, 0.15) is 6.07 Å². The third-order valence-corrected chi connectivity index (χ3v) is 3.42. The minimum atomic E-state index is 0.570. The third kappa shape index (κ3) is 2.95. The maximum absolute atomic E-state index is 9.05. The molecule has 0 aromatic heterocycles. The van der Waals surface area contributed by atoms with E-state index in [0.29, 0.717) is 23.2 Å². The zero-order valence-electron chi connectivity index (χ0n) is 11.2. The molecule has 0 bridgehead atoms. The summed E-state index contributed by atoms with van der Waals surface area (Å²) in [5.41, 5.74) is 8.07. The molecule has 0 aliphatic heterocycles. The van der Waals surface area contributed by atoms with Crippen molar-refractivity contribution in [1.29, 1.82) is 5.26 Å². The minimum absolute atomic E-state index is 0.570. The molecule has 3 nitrogen and oxygen atoms in total. The second kappa shape index (κ2) is 5.30. The van der Waals surface area contributed by atoms with Crippen molar-refractivity contribution in [2.75, 3.05) is 17.2 Å². The van der Waals surface area contributed by atoms with Crippen LogP contribution in [0.15, 0.2) is 18.2 Å². The van der Waals surface area contributed by atoms with Gasteiger partial charge in [-0.05, 0) is 43.4 Å². The van der Waals surface area contributed by atoms with E-state index in [9.17, 15) is 0 Å². The molecule has 1 aromatic carbocycles. The molecule has 0 heterocycles. The van der Waals surface area contributed by atoms with Crippen molar-refractivity contribution in [1.82, 2.24) is 0 Å². The summed E-state index contributed by atoms with van der Waals surface area (Å²) in [6.07, 6.45) is 3.72. The number of benzene rings is 1. The molecule has 0 spiro atoms. The molecule has 3 heteroatoms. The van der Waals surface area contributed by atoms with Crippen molar-refractivity contribution in [2.45, 2.75) is 39.2 Å². The van der Waals surface area contributed by atoms with Crippen LogP contribution < -0.4 is 10.6 Å². The summed E-state index contributed by atoms with van der Waals surface area (Å²) >= 11 is 0. The van der Waals surface area contributed by atoms with E-state index >= 15 is 0 Å². The summed E-state index contributed by atoms with van der Waals surface area (Å²) in [6, 6.07) is 8.64. The minimum Gasteiger partial charge on any atom is -0.398 e. The van der Waals surface area contributed by atoms with Crippen LogP contribution in [-0.2, 0) is 0 Å². The first-order chi connectivity index (χ1) is 8.61. The molecule has 0 amide bonds. The van der Waals surface area contributed by atoms with Crippen molar-refractivity contribution in [3.05, 3.63) is 23.8 Å². The van der Waals surface area contributed by atoms with Crippen LogP contribution in [-0.4, -0.2) is 12.6 Å². The van der Waals surface area contributed by atoms with Crippen LogP contribution in [0.2, 0.25) is 0 Å². The van der Waals surface area contributed by atoms with Crippen molar-refractivity contribution < 1.29 is 0 Å². The van der Waals surface area contributed by atoms with E-state index in [1.165, 1.54) is 19.3 Å². The Labute approximate surface area is 109 Å². The lowest BCUT2D eigenvalue weighted by Gasteiger charge is -2.26. The monoisotopic (exact) mass is 243 g/mol. The van der Waals surface area contributed by atoms with Crippen molar-refractivity contribution >= 4 is 11.4 Å². The molecule has 1 fully saturated rings. The number of nitrogens with two attached hydrogens (primary N) is 1. The highest BCUT2D eigenvalue weighted by Crippen LogP contribution is 2.33. The number of nitriles is 1. The summed E-state index contributed by atoms with van der Waals surface area (Å²) < 4.78 is 0. The SMILES string of the molecule is CC(C)CCN(c1ccc(N)c(C#N)c1)C1CC1. The second-order valence-corrected chi connectivity index (χ2v) is 5.49. The Hall–Kier alpha value is -1.69. The van der Waals surface area contributed by atoms with Crippen LogP contribution in [0.25, 0.3) is 0 Å². The summed E-state index contributed by atoms with van der Waals surface area (Å²) in [5, 5.41) is 9.05. The average molecular weight is 243 g/mol. The molecule has 1 aliphatic rings. The molecular weight excluding hydrogens is 222 g/mol. The molecule has 0 radical (unpaired) electrons. The molecule has 96 valence electrons. The van der Waals surface area contributed by atoms with Gasteiger partial charge >= 0.3 is 0 Å². The Morgan fingerprint density at radius 1 is 1.44 bits per heavy atom. The van der Waals surface area contributed by atoms with Crippen LogP contribution in [0.1, 0.15) is 38.7 Å². The van der Waals surface area contributed by atoms with E-state index in [4.69, 9.17) is 11.0 Å². The maximum atomic E-state index is 9.05. The summed E-state index contributed by atoms with van der Waals surface area (Å²) in [4.78, 5) is 2.43. The van der Waals surface area contributed by atoms with Gasteiger partial charge in [-0.25, -0.2) is 0 Å². The van der Waals surface area contributed by atoms with Gasteiger partial charge in [-0.15, -0.1) is 0 Å². The molecule has 0 atom stereocenters. The fraction of sp³-hybridized carbons (Fsp3) is 0.533. The predicted molar refractivity (Wildman–Crippen MR) is 75.4 cm³/mol. The van der Waals surface area contributed by atoms with Crippen LogP contribution in [0.5, 0.6) is 0 Å². The molecule has 2 N–H and O–H groups in total. The summed E-state index contributed by atoms with van der Waals surface area (Å²) in [5.74, 6) is 0.704. The van der Waals surface area contributed by atoms with Gasteiger partial charge in [-0.2, -0.15) is 5.26 Å². The number of hydrogen-bond acceptors (Lipinski definition) is 3. The molecule has 0 saturated heterocycles. The Morgan fingerprint density at radius 3 is 2.72 bits per heavy atom. The number of rotatable bonds is 5. The predicted octanol–water partition coefficient (Wildman–Crippen LogP) is 3.16. The van der Waals surface area contributed by atoms with Gasteiger partial charge in [0.15, 0.2) is 0 Å². The van der Waals surface area contributed by atoms with Crippen molar-refractivity contribution in [2.24, 2.45) is 5.92 Å². The van der Waals surface area contributed by atoms with Crippen molar-refractivity contribution in [3.8, 4) is 6.07 Å². The highest BCUT2D eigenvalue weighted by Gasteiger charge is 2.29. The van der Waals surface area contributed by atoms with Gasteiger partial charge in [-0.1, -0.05) is 13.8 Å². The molecule has 1 aromatic rings. The fourth-order valence-electron chi connectivity index (χ4n) is 2.13. The number of nitrogens with zero attached hydrogens (tertiary/aromatic N) is 2. The van der Waals surface area contributed by atoms with Gasteiger partial charge < -0.3 is 10.6 Å². The van der Waals surface area contributed by atoms with E-state index in [-0.39, 0.29) is 0 Å². The van der Waals surface area contributed by atoms with E-state index in [2.05, 4.69) is 24.8 Å². The number of hydrogen-bond donors (Lipinski definition) is 1. The van der Waals surface area contributed by atoms with E-state index in [1.807, 2.05) is 18.2 Å². The van der Waals surface area contributed by atoms with Gasteiger partial charge in [0.2, 0.25) is 0 Å².